The lowest BCUT2D eigenvalue weighted by atomic mass is 10.1. The van der Waals surface area contributed by atoms with Crippen molar-refractivity contribution in [2.24, 2.45) is 0 Å². The Bertz CT molecular complexity index is 607. The third-order valence-corrected chi connectivity index (χ3v) is 5.17. The van der Waals surface area contributed by atoms with Crippen LogP contribution in [0.1, 0.15) is 5.56 Å². The Morgan fingerprint density at radius 1 is 1.13 bits per heavy atom. The van der Waals surface area contributed by atoms with Crippen LogP contribution in [0.25, 0.3) is 11.3 Å². The summed E-state index contributed by atoms with van der Waals surface area (Å²) in [6.07, 6.45) is 4.71. The lowest BCUT2D eigenvalue weighted by Crippen LogP contribution is -2.44. The standard InChI is InChI=1S/C18H23N3OS/c1-23(22)17-5-3-16(4-6-17)18-7-2-15(14-20-18)8-11-21-12-9-19-10-13-21/h2-7,14,19H,8-13H2,1H3. The molecule has 2 heterocycles. The molecular formula is C18H23N3OS. The van der Waals surface area contributed by atoms with Crippen LogP contribution in [-0.4, -0.2) is 53.4 Å². The van der Waals surface area contributed by atoms with Gasteiger partial charge in [-0.25, -0.2) is 0 Å². The van der Waals surface area contributed by atoms with Gasteiger partial charge in [-0.15, -0.1) is 0 Å². The topological polar surface area (TPSA) is 51.2 Å². The molecule has 0 amide bonds. The fourth-order valence-corrected chi connectivity index (χ4v) is 3.30. The molecule has 0 aliphatic carbocycles. The van der Waals surface area contributed by atoms with E-state index in [1.54, 1.807) is 6.26 Å². The van der Waals surface area contributed by atoms with Gasteiger partial charge in [0, 0.05) is 44.5 Å². The van der Waals surface area contributed by atoms with Gasteiger partial charge in [0.2, 0.25) is 0 Å². The van der Waals surface area contributed by atoms with Crippen LogP contribution in [0.4, 0.5) is 0 Å². The minimum absolute atomic E-state index is 0.849. The number of hydrogen-bond acceptors (Lipinski definition) is 4. The molecule has 3 rings (SSSR count). The van der Waals surface area contributed by atoms with Crippen LogP contribution in [0.15, 0.2) is 47.5 Å². The van der Waals surface area contributed by atoms with E-state index in [4.69, 9.17) is 0 Å². The maximum absolute atomic E-state index is 11.4. The molecule has 23 heavy (non-hydrogen) atoms. The first-order chi connectivity index (χ1) is 11.2. The Balaban J connectivity index is 1.59. The largest absolute Gasteiger partial charge is 0.612 e. The van der Waals surface area contributed by atoms with Gasteiger partial charge in [-0.05, 0) is 53.5 Å². The van der Waals surface area contributed by atoms with E-state index in [0.29, 0.717) is 0 Å². The van der Waals surface area contributed by atoms with E-state index in [9.17, 15) is 4.55 Å². The van der Waals surface area contributed by atoms with Crippen LogP contribution in [0.5, 0.6) is 0 Å². The van der Waals surface area contributed by atoms with Crippen molar-refractivity contribution in [1.29, 1.82) is 0 Å². The summed E-state index contributed by atoms with van der Waals surface area (Å²) in [5.41, 5.74) is 3.30. The normalized spacial score (nSPS) is 17.1. The molecule has 1 N–H and O–H groups in total. The second-order valence-corrected chi connectivity index (χ2v) is 7.25. The summed E-state index contributed by atoms with van der Waals surface area (Å²) < 4.78 is 11.4. The summed E-state index contributed by atoms with van der Waals surface area (Å²) in [5.74, 6) is 0. The maximum Gasteiger partial charge on any atom is 0.152 e. The maximum atomic E-state index is 11.4. The number of piperazine rings is 1. The van der Waals surface area contributed by atoms with Crippen molar-refractivity contribution in [3.8, 4) is 11.3 Å². The monoisotopic (exact) mass is 329 g/mol. The Morgan fingerprint density at radius 2 is 1.87 bits per heavy atom. The second kappa shape index (κ2) is 7.93. The van der Waals surface area contributed by atoms with E-state index in [1.165, 1.54) is 5.56 Å². The highest BCUT2D eigenvalue weighted by Gasteiger charge is 2.09. The van der Waals surface area contributed by atoms with Crippen LogP contribution >= 0.6 is 0 Å². The van der Waals surface area contributed by atoms with Crippen molar-refractivity contribution in [1.82, 2.24) is 15.2 Å². The van der Waals surface area contributed by atoms with Crippen molar-refractivity contribution < 1.29 is 4.55 Å². The van der Waals surface area contributed by atoms with Crippen molar-refractivity contribution in [3.63, 3.8) is 0 Å². The highest BCUT2D eigenvalue weighted by Crippen LogP contribution is 2.19. The van der Waals surface area contributed by atoms with E-state index in [-0.39, 0.29) is 0 Å². The quantitative estimate of drug-likeness (QED) is 0.852. The molecule has 0 saturated carbocycles. The molecule has 2 aromatic rings. The predicted molar refractivity (Wildman–Crippen MR) is 95.0 cm³/mol. The number of nitrogens with zero attached hydrogens (tertiary/aromatic N) is 2. The van der Waals surface area contributed by atoms with Crippen LogP contribution in [0.2, 0.25) is 0 Å². The first-order valence-corrected chi connectivity index (χ1v) is 9.60. The van der Waals surface area contributed by atoms with Gasteiger partial charge in [0.15, 0.2) is 4.90 Å². The Labute approximate surface area is 141 Å². The first-order valence-electron chi connectivity index (χ1n) is 8.04. The summed E-state index contributed by atoms with van der Waals surface area (Å²) in [6, 6.07) is 12.0. The fourth-order valence-electron chi connectivity index (χ4n) is 2.78. The van der Waals surface area contributed by atoms with Crippen LogP contribution in [0, 0.1) is 0 Å². The molecule has 1 aromatic carbocycles. The number of rotatable bonds is 5. The zero-order valence-corrected chi connectivity index (χ0v) is 14.3. The minimum atomic E-state index is -0.932. The Kier molecular flexibility index (Phi) is 5.67. The molecule has 1 fully saturated rings. The van der Waals surface area contributed by atoms with Crippen molar-refractivity contribution in [3.05, 3.63) is 48.2 Å². The fraction of sp³-hybridized carbons (Fsp3) is 0.389. The van der Waals surface area contributed by atoms with E-state index >= 15 is 0 Å². The molecule has 1 aliphatic heterocycles. The van der Waals surface area contributed by atoms with Gasteiger partial charge in [-0.1, -0.05) is 6.07 Å². The summed E-state index contributed by atoms with van der Waals surface area (Å²) in [7, 11) is 0. The van der Waals surface area contributed by atoms with Crippen molar-refractivity contribution >= 4 is 11.2 Å². The summed E-state index contributed by atoms with van der Waals surface area (Å²) >= 11 is -0.932. The van der Waals surface area contributed by atoms with E-state index < -0.39 is 11.2 Å². The molecule has 1 aliphatic rings. The third kappa shape index (κ3) is 4.54. The van der Waals surface area contributed by atoms with Crippen molar-refractivity contribution in [2.45, 2.75) is 11.3 Å². The molecule has 0 radical (unpaired) electrons. The van der Waals surface area contributed by atoms with Crippen LogP contribution in [0.3, 0.4) is 0 Å². The lowest BCUT2D eigenvalue weighted by Gasteiger charge is -2.27. The molecule has 0 spiro atoms. The molecule has 1 unspecified atom stereocenters. The minimum Gasteiger partial charge on any atom is -0.612 e. The van der Waals surface area contributed by atoms with Gasteiger partial charge >= 0.3 is 0 Å². The summed E-state index contributed by atoms with van der Waals surface area (Å²) in [6.45, 7) is 5.55. The van der Waals surface area contributed by atoms with Gasteiger partial charge in [0.1, 0.15) is 6.26 Å². The molecule has 5 heteroatoms. The third-order valence-electron chi connectivity index (χ3n) is 4.23. The van der Waals surface area contributed by atoms with Crippen LogP contribution in [-0.2, 0) is 17.6 Å². The van der Waals surface area contributed by atoms with Gasteiger partial charge in [-0.2, -0.15) is 0 Å². The Morgan fingerprint density at radius 3 is 2.48 bits per heavy atom. The number of hydrogen-bond donors (Lipinski definition) is 1. The first kappa shape index (κ1) is 16.5. The Hall–Kier alpha value is -1.40. The molecule has 1 aromatic heterocycles. The highest BCUT2D eigenvalue weighted by molar-refractivity contribution is 7.90. The average Bonchev–Trinajstić information content (AvgIpc) is 2.61. The van der Waals surface area contributed by atoms with Gasteiger partial charge in [-0.3, -0.25) is 4.98 Å². The SMILES string of the molecule is C[S+]([O-])c1ccc(-c2ccc(CCN3CCNCC3)cn2)cc1. The van der Waals surface area contributed by atoms with Gasteiger partial charge < -0.3 is 14.8 Å². The van der Waals surface area contributed by atoms with E-state index in [2.05, 4.69) is 27.3 Å². The van der Waals surface area contributed by atoms with E-state index in [1.807, 2.05) is 30.5 Å². The smallest absolute Gasteiger partial charge is 0.152 e. The summed E-state index contributed by atoms with van der Waals surface area (Å²) in [5, 5.41) is 3.38. The zero-order chi connectivity index (χ0) is 16.1. The number of pyridine rings is 1. The molecule has 1 saturated heterocycles. The molecule has 122 valence electrons. The molecule has 4 nitrogen and oxygen atoms in total. The average molecular weight is 329 g/mol. The van der Waals surface area contributed by atoms with Gasteiger partial charge in [0.05, 0.1) is 5.69 Å². The second-order valence-electron chi connectivity index (χ2n) is 5.87. The molecule has 1 atom stereocenters. The lowest BCUT2D eigenvalue weighted by molar-refractivity contribution is 0.244. The predicted octanol–water partition coefficient (Wildman–Crippen LogP) is 1.93. The highest BCUT2D eigenvalue weighted by atomic mass is 32.2. The van der Waals surface area contributed by atoms with E-state index in [0.717, 1.165) is 55.3 Å². The number of nitrogens with one attached hydrogen (secondary N) is 1. The zero-order valence-electron chi connectivity index (χ0n) is 13.5. The number of benzene rings is 1. The summed E-state index contributed by atoms with van der Waals surface area (Å²) in [4.78, 5) is 7.92. The molecule has 0 bridgehead atoms. The molecular weight excluding hydrogens is 306 g/mol. The number of aromatic nitrogens is 1. The van der Waals surface area contributed by atoms with Crippen LogP contribution < -0.4 is 5.32 Å². The van der Waals surface area contributed by atoms with Crippen molar-refractivity contribution in [2.75, 3.05) is 39.0 Å². The van der Waals surface area contributed by atoms with Gasteiger partial charge in [0.25, 0.3) is 0 Å².